The van der Waals surface area contributed by atoms with Crippen LogP contribution < -0.4 is 11.1 Å². The minimum atomic E-state index is -0.437. The van der Waals surface area contributed by atoms with Crippen LogP contribution in [0.15, 0.2) is 35.5 Å². The molecule has 122 valence electrons. The van der Waals surface area contributed by atoms with E-state index in [0.717, 1.165) is 25.0 Å². The molecule has 0 aliphatic carbocycles. The minimum Gasteiger partial charge on any atom is -0.376 e. The number of nitrogens with one attached hydrogen (secondary N) is 2. The molecule has 1 aromatic heterocycles. The molecule has 23 heavy (non-hydrogen) atoms. The summed E-state index contributed by atoms with van der Waals surface area (Å²) < 4.78 is 5.54. The molecule has 2 aromatic rings. The summed E-state index contributed by atoms with van der Waals surface area (Å²) in [5.41, 5.74) is 6.45. The number of hydrogen-bond donors (Lipinski definition) is 3. The van der Waals surface area contributed by atoms with Crippen LogP contribution in [0.2, 0.25) is 0 Å². The molecular weight excluding hydrogens is 314 g/mol. The molecule has 1 amide bonds. The summed E-state index contributed by atoms with van der Waals surface area (Å²) in [6.45, 7) is 1.30. The topological polar surface area (TPSA) is 106 Å². The van der Waals surface area contributed by atoms with Crippen LogP contribution in [0.25, 0.3) is 0 Å². The molecule has 0 bridgehead atoms. The molecule has 4 N–H and O–H groups in total. The molecule has 2 heterocycles. The Hall–Kier alpha value is -2.06. The summed E-state index contributed by atoms with van der Waals surface area (Å²) in [6.07, 6.45) is 2.15. The van der Waals surface area contributed by atoms with Gasteiger partial charge in [0.1, 0.15) is 5.25 Å². The number of nitrogens with zero attached hydrogens (tertiary/aromatic N) is 2. The van der Waals surface area contributed by atoms with Crippen LogP contribution >= 0.6 is 11.8 Å². The number of aromatic amines is 1. The third kappa shape index (κ3) is 4.23. The second-order valence-corrected chi connectivity index (χ2v) is 6.36. The predicted octanol–water partition coefficient (Wildman–Crippen LogP) is 1.52. The second-order valence-electron chi connectivity index (χ2n) is 5.29. The predicted molar refractivity (Wildman–Crippen MR) is 87.8 cm³/mol. The van der Waals surface area contributed by atoms with Gasteiger partial charge in [-0.3, -0.25) is 4.79 Å². The highest BCUT2D eigenvalue weighted by molar-refractivity contribution is 8.00. The fraction of sp³-hybridized carbons (Fsp3) is 0.400. The van der Waals surface area contributed by atoms with E-state index >= 15 is 0 Å². The van der Waals surface area contributed by atoms with Crippen molar-refractivity contribution in [1.29, 1.82) is 0 Å². The summed E-state index contributed by atoms with van der Waals surface area (Å²) in [5.74, 6) is 0.152. The lowest BCUT2D eigenvalue weighted by Gasteiger charge is -2.17. The second kappa shape index (κ2) is 7.47. The highest BCUT2D eigenvalue weighted by Crippen LogP contribution is 2.33. The first-order chi connectivity index (χ1) is 11.2. The van der Waals surface area contributed by atoms with Gasteiger partial charge in [-0.1, -0.05) is 42.1 Å². The first-order valence-electron chi connectivity index (χ1n) is 7.51. The smallest absolute Gasteiger partial charge is 0.238 e. The van der Waals surface area contributed by atoms with Crippen molar-refractivity contribution in [2.24, 2.45) is 0 Å². The van der Waals surface area contributed by atoms with Crippen molar-refractivity contribution in [1.82, 2.24) is 20.5 Å². The molecule has 1 saturated heterocycles. The van der Waals surface area contributed by atoms with E-state index in [0.29, 0.717) is 11.7 Å². The van der Waals surface area contributed by atoms with Gasteiger partial charge in [0.2, 0.25) is 17.0 Å². The zero-order valence-electron chi connectivity index (χ0n) is 12.6. The standard InChI is InChI=1S/C15H19N5O2S/c16-14-18-15(20-19-14)23-12(10-5-2-1-3-6-10)13(21)17-9-11-7-4-8-22-11/h1-3,5-6,11-12H,4,7-9H2,(H,17,21)(H3,16,18,19,20)/t11-,12+/m0/s1. The zero-order chi connectivity index (χ0) is 16.1. The summed E-state index contributed by atoms with van der Waals surface area (Å²) in [7, 11) is 0. The van der Waals surface area contributed by atoms with E-state index in [9.17, 15) is 4.79 Å². The van der Waals surface area contributed by atoms with Gasteiger partial charge in [-0.05, 0) is 18.4 Å². The molecule has 1 aromatic carbocycles. The third-order valence-electron chi connectivity index (χ3n) is 3.57. The number of ether oxygens (including phenoxy) is 1. The lowest BCUT2D eigenvalue weighted by Crippen LogP contribution is -2.34. The molecule has 0 unspecified atom stereocenters. The van der Waals surface area contributed by atoms with Crippen molar-refractivity contribution < 1.29 is 9.53 Å². The summed E-state index contributed by atoms with van der Waals surface area (Å²) in [4.78, 5) is 16.7. The van der Waals surface area contributed by atoms with Crippen molar-refractivity contribution in [3.05, 3.63) is 35.9 Å². The zero-order valence-corrected chi connectivity index (χ0v) is 13.4. The van der Waals surface area contributed by atoms with Crippen LogP contribution in [0.3, 0.4) is 0 Å². The Kier molecular flexibility index (Phi) is 5.14. The van der Waals surface area contributed by atoms with Gasteiger partial charge in [0.15, 0.2) is 0 Å². The van der Waals surface area contributed by atoms with Crippen LogP contribution in [-0.2, 0) is 9.53 Å². The molecule has 1 aliphatic rings. The first kappa shape index (κ1) is 15.8. The van der Waals surface area contributed by atoms with Gasteiger partial charge < -0.3 is 15.8 Å². The Bertz CT molecular complexity index is 642. The van der Waals surface area contributed by atoms with Crippen LogP contribution in [0.1, 0.15) is 23.7 Å². The molecule has 0 radical (unpaired) electrons. The van der Waals surface area contributed by atoms with Gasteiger partial charge in [0.05, 0.1) is 6.10 Å². The van der Waals surface area contributed by atoms with Gasteiger partial charge in [-0.2, -0.15) is 4.98 Å². The largest absolute Gasteiger partial charge is 0.376 e. The molecule has 3 rings (SSSR count). The number of rotatable bonds is 6. The van der Waals surface area contributed by atoms with Crippen molar-refractivity contribution in [3.63, 3.8) is 0 Å². The Balaban J connectivity index is 1.70. The maximum absolute atomic E-state index is 12.6. The van der Waals surface area contributed by atoms with Crippen molar-refractivity contribution in [2.75, 3.05) is 18.9 Å². The summed E-state index contributed by atoms with van der Waals surface area (Å²) >= 11 is 1.27. The van der Waals surface area contributed by atoms with Gasteiger partial charge in [-0.15, -0.1) is 5.10 Å². The Morgan fingerprint density at radius 3 is 2.96 bits per heavy atom. The first-order valence-corrected chi connectivity index (χ1v) is 8.39. The Labute approximate surface area is 138 Å². The van der Waals surface area contributed by atoms with E-state index < -0.39 is 5.25 Å². The number of nitrogen functional groups attached to an aromatic ring is 1. The third-order valence-corrected chi connectivity index (χ3v) is 4.69. The van der Waals surface area contributed by atoms with Crippen LogP contribution in [0, 0.1) is 0 Å². The quantitative estimate of drug-likeness (QED) is 0.692. The normalized spacial score (nSPS) is 18.7. The molecule has 1 fully saturated rings. The molecule has 0 spiro atoms. The molecule has 0 saturated carbocycles. The van der Waals surface area contributed by atoms with E-state index in [4.69, 9.17) is 10.5 Å². The number of carbonyl (C=O) groups excluding carboxylic acids is 1. The van der Waals surface area contributed by atoms with E-state index in [-0.39, 0.29) is 18.0 Å². The molecule has 1 aliphatic heterocycles. The van der Waals surface area contributed by atoms with Gasteiger partial charge in [-0.25, -0.2) is 5.10 Å². The number of anilines is 1. The Morgan fingerprint density at radius 2 is 2.30 bits per heavy atom. The van der Waals surface area contributed by atoms with Crippen LogP contribution in [0.5, 0.6) is 0 Å². The highest BCUT2D eigenvalue weighted by atomic mass is 32.2. The summed E-state index contributed by atoms with van der Waals surface area (Å²) in [5, 5.41) is 9.56. The monoisotopic (exact) mass is 333 g/mol. The average molecular weight is 333 g/mol. The number of H-pyrrole nitrogens is 1. The van der Waals surface area contributed by atoms with E-state index in [2.05, 4.69) is 20.5 Å². The number of benzene rings is 1. The molecule has 2 atom stereocenters. The average Bonchev–Trinajstić information content (AvgIpc) is 3.23. The summed E-state index contributed by atoms with van der Waals surface area (Å²) in [6, 6.07) is 9.56. The lowest BCUT2D eigenvalue weighted by molar-refractivity contribution is -0.121. The number of thioether (sulfide) groups is 1. The van der Waals surface area contributed by atoms with Crippen molar-refractivity contribution in [2.45, 2.75) is 29.4 Å². The lowest BCUT2D eigenvalue weighted by atomic mass is 10.1. The molecular formula is C15H19N5O2S. The maximum atomic E-state index is 12.6. The molecule has 8 heteroatoms. The van der Waals surface area contributed by atoms with Gasteiger partial charge in [0.25, 0.3) is 0 Å². The SMILES string of the molecule is Nc1nc(S[C@@H](C(=O)NC[C@@H]2CCCO2)c2ccccc2)n[nH]1. The highest BCUT2D eigenvalue weighted by Gasteiger charge is 2.25. The maximum Gasteiger partial charge on any atom is 0.238 e. The van der Waals surface area contributed by atoms with E-state index in [1.165, 1.54) is 11.8 Å². The number of nitrogens with two attached hydrogens (primary N) is 1. The van der Waals surface area contributed by atoms with E-state index in [1.807, 2.05) is 30.3 Å². The Morgan fingerprint density at radius 1 is 1.48 bits per heavy atom. The molecule has 7 nitrogen and oxygen atoms in total. The van der Waals surface area contributed by atoms with Gasteiger partial charge in [0, 0.05) is 13.2 Å². The number of amides is 1. The van der Waals surface area contributed by atoms with Crippen molar-refractivity contribution >= 4 is 23.6 Å². The van der Waals surface area contributed by atoms with E-state index in [1.54, 1.807) is 0 Å². The number of carbonyl (C=O) groups is 1. The minimum absolute atomic E-state index is 0.0833. The van der Waals surface area contributed by atoms with Gasteiger partial charge >= 0.3 is 0 Å². The van der Waals surface area contributed by atoms with Crippen molar-refractivity contribution in [3.8, 4) is 0 Å². The van der Waals surface area contributed by atoms with Crippen LogP contribution in [0.4, 0.5) is 5.95 Å². The fourth-order valence-electron chi connectivity index (χ4n) is 2.43. The van der Waals surface area contributed by atoms with Crippen LogP contribution in [-0.4, -0.2) is 40.3 Å². The fourth-order valence-corrected chi connectivity index (χ4v) is 3.37. The number of aromatic nitrogens is 3. The number of hydrogen-bond acceptors (Lipinski definition) is 6.